The van der Waals surface area contributed by atoms with E-state index in [1.165, 1.54) is 0 Å². The SMILES string of the molecule is [C-]#[N+]c1cc(N)n(C(C)(C)C)c1. The molecule has 0 saturated heterocycles. The maximum atomic E-state index is 6.81. The van der Waals surface area contributed by atoms with Gasteiger partial charge >= 0.3 is 0 Å². The predicted molar refractivity (Wildman–Crippen MR) is 50.1 cm³/mol. The lowest BCUT2D eigenvalue weighted by molar-refractivity contribution is 0.404. The van der Waals surface area contributed by atoms with Crippen molar-refractivity contribution in [3.05, 3.63) is 23.7 Å². The van der Waals surface area contributed by atoms with Crippen LogP contribution in [-0.4, -0.2) is 4.57 Å². The normalized spacial score (nSPS) is 11.2. The van der Waals surface area contributed by atoms with Crippen molar-refractivity contribution >= 4 is 11.5 Å². The number of nitrogens with zero attached hydrogens (tertiary/aromatic N) is 2. The van der Waals surface area contributed by atoms with Gasteiger partial charge in [-0.1, -0.05) is 0 Å². The van der Waals surface area contributed by atoms with Gasteiger partial charge in [-0.05, 0) is 26.8 Å². The van der Waals surface area contributed by atoms with Crippen LogP contribution in [0.2, 0.25) is 0 Å². The smallest absolute Gasteiger partial charge is 0.206 e. The molecule has 0 aliphatic heterocycles. The van der Waals surface area contributed by atoms with Crippen molar-refractivity contribution in [2.45, 2.75) is 26.3 Å². The van der Waals surface area contributed by atoms with Crippen LogP contribution in [0, 0.1) is 6.57 Å². The first-order chi connectivity index (χ1) is 5.45. The van der Waals surface area contributed by atoms with E-state index in [0.717, 1.165) is 0 Å². The summed E-state index contributed by atoms with van der Waals surface area (Å²) in [5.41, 5.74) is 6.27. The molecule has 0 bridgehead atoms. The van der Waals surface area contributed by atoms with E-state index in [1.54, 1.807) is 12.3 Å². The van der Waals surface area contributed by atoms with E-state index in [9.17, 15) is 0 Å². The molecule has 3 heteroatoms. The molecular weight excluding hydrogens is 150 g/mol. The number of nitrogens with two attached hydrogens (primary N) is 1. The van der Waals surface area contributed by atoms with Crippen molar-refractivity contribution in [1.82, 2.24) is 4.57 Å². The van der Waals surface area contributed by atoms with E-state index in [0.29, 0.717) is 11.5 Å². The maximum absolute atomic E-state index is 6.81. The predicted octanol–water partition coefficient (Wildman–Crippen LogP) is 2.38. The van der Waals surface area contributed by atoms with Gasteiger partial charge < -0.3 is 10.3 Å². The van der Waals surface area contributed by atoms with Crippen LogP contribution in [0.15, 0.2) is 12.3 Å². The summed E-state index contributed by atoms with van der Waals surface area (Å²) < 4.78 is 1.90. The van der Waals surface area contributed by atoms with Gasteiger partial charge in [0, 0.05) is 11.7 Å². The van der Waals surface area contributed by atoms with Crippen molar-refractivity contribution in [3.63, 3.8) is 0 Å². The van der Waals surface area contributed by atoms with Crippen molar-refractivity contribution in [2.24, 2.45) is 0 Å². The highest BCUT2D eigenvalue weighted by molar-refractivity contribution is 5.53. The molecule has 0 spiro atoms. The summed E-state index contributed by atoms with van der Waals surface area (Å²) in [6.45, 7) is 13.0. The lowest BCUT2D eigenvalue weighted by atomic mass is 10.1. The van der Waals surface area contributed by atoms with Crippen LogP contribution >= 0.6 is 0 Å². The van der Waals surface area contributed by atoms with E-state index >= 15 is 0 Å². The van der Waals surface area contributed by atoms with E-state index in [-0.39, 0.29) is 5.54 Å². The number of hydrogen-bond donors (Lipinski definition) is 1. The summed E-state index contributed by atoms with van der Waals surface area (Å²) >= 11 is 0. The Morgan fingerprint density at radius 3 is 2.33 bits per heavy atom. The average molecular weight is 163 g/mol. The van der Waals surface area contributed by atoms with Gasteiger partial charge in [-0.15, -0.1) is 0 Å². The third-order valence-electron chi connectivity index (χ3n) is 1.69. The van der Waals surface area contributed by atoms with Crippen molar-refractivity contribution in [1.29, 1.82) is 0 Å². The lowest BCUT2D eigenvalue weighted by Gasteiger charge is -2.23. The van der Waals surface area contributed by atoms with Crippen LogP contribution in [0.5, 0.6) is 0 Å². The van der Waals surface area contributed by atoms with Gasteiger partial charge in [0.25, 0.3) is 0 Å². The van der Waals surface area contributed by atoms with E-state index < -0.39 is 0 Å². The summed E-state index contributed by atoms with van der Waals surface area (Å²) in [6, 6.07) is 1.69. The molecule has 0 amide bonds. The van der Waals surface area contributed by atoms with Gasteiger partial charge in [0.15, 0.2) is 0 Å². The van der Waals surface area contributed by atoms with Crippen LogP contribution < -0.4 is 5.73 Å². The molecule has 0 radical (unpaired) electrons. The maximum Gasteiger partial charge on any atom is 0.206 e. The molecule has 1 aromatic heterocycles. The standard InChI is InChI=1S/C9H13N3/c1-9(2,3)12-6-7(11-4)5-8(12)10/h5-6H,10H2,1-3H3. The summed E-state index contributed by atoms with van der Waals surface area (Å²) in [4.78, 5) is 3.31. The molecular formula is C9H13N3. The number of hydrogen-bond acceptors (Lipinski definition) is 1. The molecule has 0 aliphatic rings. The molecule has 0 fully saturated rings. The molecule has 64 valence electrons. The van der Waals surface area contributed by atoms with Crippen molar-refractivity contribution < 1.29 is 0 Å². The Morgan fingerprint density at radius 2 is 2.08 bits per heavy atom. The first-order valence-electron chi connectivity index (χ1n) is 3.81. The molecule has 0 atom stereocenters. The fourth-order valence-electron chi connectivity index (χ4n) is 1.11. The van der Waals surface area contributed by atoms with Gasteiger partial charge in [0.1, 0.15) is 0 Å². The monoisotopic (exact) mass is 163 g/mol. The minimum Gasteiger partial charge on any atom is -0.386 e. The lowest BCUT2D eigenvalue weighted by Crippen LogP contribution is -2.22. The third kappa shape index (κ3) is 1.42. The van der Waals surface area contributed by atoms with Crippen molar-refractivity contribution in [2.75, 3.05) is 5.73 Å². The fraction of sp³-hybridized carbons (Fsp3) is 0.444. The highest BCUT2D eigenvalue weighted by Gasteiger charge is 2.15. The molecule has 0 saturated carbocycles. The van der Waals surface area contributed by atoms with Crippen LogP contribution in [0.25, 0.3) is 4.85 Å². The van der Waals surface area contributed by atoms with E-state index in [1.807, 2.05) is 4.57 Å². The first-order valence-corrected chi connectivity index (χ1v) is 3.81. The van der Waals surface area contributed by atoms with Crippen molar-refractivity contribution in [3.8, 4) is 0 Å². The zero-order chi connectivity index (χ0) is 9.35. The number of rotatable bonds is 0. The summed E-state index contributed by atoms with van der Waals surface area (Å²) in [5.74, 6) is 0.647. The van der Waals surface area contributed by atoms with Crippen LogP contribution in [0.1, 0.15) is 20.8 Å². The number of anilines is 1. The summed E-state index contributed by atoms with van der Waals surface area (Å²) in [7, 11) is 0. The fourth-order valence-corrected chi connectivity index (χ4v) is 1.11. The van der Waals surface area contributed by atoms with Crippen LogP contribution in [0.4, 0.5) is 11.5 Å². The molecule has 1 rings (SSSR count). The second-order valence-corrected chi connectivity index (χ2v) is 3.78. The second kappa shape index (κ2) is 2.56. The Labute approximate surface area is 72.6 Å². The first kappa shape index (κ1) is 8.66. The zero-order valence-corrected chi connectivity index (χ0v) is 7.63. The largest absolute Gasteiger partial charge is 0.386 e. The second-order valence-electron chi connectivity index (χ2n) is 3.78. The van der Waals surface area contributed by atoms with Crippen LogP contribution in [0.3, 0.4) is 0 Å². The van der Waals surface area contributed by atoms with Gasteiger partial charge in [0.2, 0.25) is 5.69 Å². The Bertz CT molecular complexity index is 323. The molecule has 1 aromatic rings. The van der Waals surface area contributed by atoms with Gasteiger partial charge in [-0.2, -0.15) is 0 Å². The Hall–Kier alpha value is -1.43. The van der Waals surface area contributed by atoms with Gasteiger partial charge in [-0.25, -0.2) is 4.85 Å². The molecule has 3 nitrogen and oxygen atoms in total. The van der Waals surface area contributed by atoms with Gasteiger partial charge in [-0.3, -0.25) is 0 Å². The highest BCUT2D eigenvalue weighted by Crippen LogP contribution is 2.25. The Morgan fingerprint density at radius 1 is 1.50 bits per heavy atom. The third-order valence-corrected chi connectivity index (χ3v) is 1.69. The quantitative estimate of drug-likeness (QED) is 0.585. The topological polar surface area (TPSA) is 35.3 Å². The Balaban J connectivity index is 3.19. The molecule has 0 aliphatic carbocycles. The van der Waals surface area contributed by atoms with E-state index in [2.05, 4.69) is 25.6 Å². The minimum absolute atomic E-state index is 0.0486. The average Bonchev–Trinajstić information content (AvgIpc) is 2.29. The molecule has 0 aromatic carbocycles. The highest BCUT2D eigenvalue weighted by atomic mass is 15.1. The minimum atomic E-state index is -0.0486. The number of nitrogen functional groups attached to an aromatic ring is 1. The molecule has 1 heterocycles. The number of aromatic nitrogens is 1. The molecule has 2 N–H and O–H groups in total. The van der Waals surface area contributed by atoms with Crippen LogP contribution in [-0.2, 0) is 5.54 Å². The van der Waals surface area contributed by atoms with Gasteiger partial charge in [0.05, 0.1) is 12.4 Å². The summed E-state index contributed by atoms with van der Waals surface area (Å²) in [6.07, 6.45) is 1.78. The summed E-state index contributed by atoms with van der Waals surface area (Å²) in [5, 5.41) is 0. The molecule has 12 heavy (non-hydrogen) atoms. The van der Waals surface area contributed by atoms with E-state index in [4.69, 9.17) is 12.3 Å². The molecule has 0 unspecified atom stereocenters. The zero-order valence-electron chi connectivity index (χ0n) is 7.63. The Kier molecular flexibility index (Phi) is 1.85.